The third-order valence-corrected chi connectivity index (χ3v) is 4.93. The van der Waals surface area contributed by atoms with Gasteiger partial charge >= 0.3 is 0 Å². The predicted octanol–water partition coefficient (Wildman–Crippen LogP) is 0.978. The fraction of sp³-hybridized carbons (Fsp3) is 0.500. The third kappa shape index (κ3) is 3.50. The number of amides is 3. The number of carbonyl (C=O) groups excluding carboxylic acids is 3. The van der Waals surface area contributed by atoms with Crippen molar-refractivity contribution in [2.24, 2.45) is 5.92 Å². The summed E-state index contributed by atoms with van der Waals surface area (Å²) in [7, 11) is 0. The van der Waals surface area contributed by atoms with Gasteiger partial charge in [-0.05, 0) is 19.1 Å². The number of piperazine rings is 1. The fourth-order valence-corrected chi connectivity index (χ4v) is 3.44. The van der Waals surface area contributed by atoms with Crippen molar-refractivity contribution in [1.29, 1.82) is 0 Å². The zero-order valence-electron chi connectivity index (χ0n) is 14.3. The Bertz CT molecular complexity index is 686. The molecule has 3 amide bonds. The predicted molar refractivity (Wildman–Crippen MR) is 89.2 cm³/mol. The lowest BCUT2D eigenvalue weighted by Crippen LogP contribution is -2.52. The van der Waals surface area contributed by atoms with Crippen molar-refractivity contribution in [3.05, 3.63) is 35.6 Å². The highest BCUT2D eigenvalue weighted by molar-refractivity contribution is 5.95. The number of rotatable bonds is 3. The highest BCUT2D eigenvalue weighted by Crippen LogP contribution is 2.21. The molecule has 0 radical (unpaired) electrons. The number of likely N-dealkylation sites (tertiary alicyclic amines) is 1. The standard InChI is InChI=1S/C18H22FN3O3/c1-2-20-12-13(11-16(20)23)17(24)21-7-9-22(10-8-21)18(25)14-5-3-4-6-15(14)19/h3-6,13H,2,7-12H2,1H3/t13-/m0/s1. The molecular weight excluding hydrogens is 325 g/mol. The molecule has 7 heteroatoms. The van der Waals surface area contributed by atoms with Crippen LogP contribution in [-0.4, -0.2) is 71.7 Å². The van der Waals surface area contributed by atoms with Crippen molar-refractivity contribution >= 4 is 17.7 Å². The van der Waals surface area contributed by atoms with Gasteiger partial charge in [0.15, 0.2) is 0 Å². The van der Waals surface area contributed by atoms with Crippen molar-refractivity contribution in [3.63, 3.8) is 0 Å². The molecule has 2 heterocycles. The minimum Gasteiger partial charge on any atom is -0.342 e. The van der Waals surface area contributed by atoms with Gasteiger partial charge < -0.3 is 14.7 Å². The van der Waals surface area contributed by atoms with Gasteiger partial charge in [0.25, 0.3) is 5.91 Å². The topological polar surface area (TPSA) is 60.9 Å². The molecular formula is C18H22FN3O3. The van der Waals surface area contributed by atoms with Gasteiger partial charge in [-0.3, -0.25) is 14.4 Å². The van der Waals surface area contributed by atoms with Crippen LogP contribution in [0.4, 0.5) is 4.39 Å². The fourth-order valence-electron chi connectivity index (χ4n) is 3.44. The summed E-state index contributed by atoms with van der Waals surface area (Å²) in [6.07, 6.45) is 0.265. The van der Waals surface area contributed by atoms with E-state index >= 15 is 0 Å². The molecule has 1 aromatic rings. The second-order valence-electron chi connectivity index (χ2n) is 6.43. The maximum atomic E-state index is 13.8. The summed E-state index contributed by atoms with van der Waals surface area (Å²) < 4.78 is 13.8. The van der Waals surface area contributed by atoms with Crippen LogP contribution in [-0.2, 0) is 9.59 Å². The molecule has 0 spiro atoms. The first kappa shape index (κ1) is 17.4. The molecule has 1 aromatic carbocycles. The maximum Gasteiger partial charge on any atom is 0.256 e. The van der Waals surface area contributed by atoms with E-state index in [4.69, 9.17) is 0 Å². The average Bonchev–Trinajstić information content (AvgIpc) is 3.02. The van der Waals surface area contributed by atoms with E-state index < -0.39 is 5.82 Å². The molecule has 0 N–H and O–H groups in total. The SMILES string of the molecule is CCN1C[C@@H](C(=O)N2CCN(C(=O)c3ccccc3F)CC2)CC1=O. The van der Waals surface area contributed by atoms with E-state index in [0.29, 0.717) is 39.3 Å². The molecule has 2 fully saturated rings. The number of hydrogen-bond donors (Lipinski definition) is 0. The highest BCUT2D eigenvalue weighted by Gasteiger charge is 2.37. The third-order valence-electron chi connectivity index (χ3n) is 4.93. The van der Waals surface area contributed by atoms with Crippen LogP contribution in [0.15, 0.2) is 24.3 Å². The molecule has 0 unspecified atom stereocenters. The first-order chi connectivity index (χ1) is 12.0. The summed E-state index contributed by atoms with van der Waals surface area (Å²) in [5.74, 6) is -1.17. The summed E-state index contributed by atoms with van der Waals surface area (Å²) in [6, 6.07) is 5.92. The largest absolute Gasteiger partial charge is 0.342 e. The van der Waals surface area contributed by atoms with E-state index in [1.807, 2.05) is 6.92 Å². The summed E-state index contributed by atoms with van der Waals surface area (Å²) in [5.41, 5.74) is 0.0576. The van der Waals surface area contributed by atoms with Crippen LogP contribution in [0.2, 0.25) is 0 Å². The number of carbonyl (C=O) groups is 3. The Hall–Kier alpha value is -2.44. The Morgan fingerprint density at radius 1 is 1.12 bits per heavy atom. The quantitative estimate of drug-likeness (QED) is 0.819. The molecule has 6 nitrogen and oxygen atoms in total. The molecule has 2 aliphatic rings. The summed E-state index contributed by atoms with van der Waals surface area (Å²) in [4.78, 5) is 41.8. The van der Waals surface area contributed by atoms with Crippen LogP contribution >= 0.6 is 0 Å². The van der Waals surface area contributed by atoms with Gasteiger partial charge in [-0.1, -0.05) is 12.1 Å². The van der Waals surface area contributed by atoms with Gasteiger partial charge in [-0.25, -0.2) is 4.39 Å². The smallest absolute Gasteiger partial charge is 0.256 e. The minimum atomic E-state index is -0.532. The molecule has 0 aliphatic carbocycles. The van der Waals surface area contributed by atoms with Crippen LogP contribution in [0.5, 0.6) is 0 Å². The zero-order chi connectivity index (χ0) is 18.0. The second-order valence-corrected chi connectivity index (χ2v) is 6.43. The van der Waals surface area contributed by atoms with Gasteiger partial charge in [0.1, 0.15) is 5.82 Å². The van der Waals surface area contributed by atoms with Crippen molar-refractivity contribution in [2.45, 2.75) is 13.3 Å². The Balaban J connectivity index is 1.57. The van der Waals surface area contributed by atoms with E-state index in [1.54, 1.807) is 26.8 Å². The van der Waals surface area contributed by atoms with Gasteiger partial charge in [-0.2, -0.15) is 0 Å². The van der Waals surface area contributed by atoms with Crippen LogP contribution < -0.4 is 0 Å². The van der Waals surface area contributed by atoms with Crippen molar-refractivity contribution in [1.82, 2.24) is 14.7 Å². The van der Waals surface area contributed by atoms with Crippen LogP contribution in [0.1, 0.15) is 23.7 Å². The monoisotopic (exact) mass is 347 g/mol. The summed E-state index contributed by atoms with van der Waals surface area (Å²) in [5, 5.41) is 0. The number of benzene rings is 1. The van der Waals surface area contributed by atoms with Gasteiger partial charge in [0.05, 0.1) is 11.5 Å². The average molecular weight is 347 g/mol. The van der Waals surface area contributed by atoms with E-state index in [0.717, 1.165) is 0 Å². The Kier molecular flexibility index (Phi) is 5.01. The molecule has 134 valence electrons. The molecule has 3 rings (SSSR count). The zero-order valence-corrected chi connectivity index (χ0v) is 14.3. The molecule has 2 aliphatic heterocycles. The lowest BCUT2D eigenvalue weighted by Gasteiger charge is -2.36. The summed E-state index contributed by atoms with van der Waals surface area (Å²) >= 11 is 0. The molecule has 1 atom stereocenters. The first-order valence-electron chi connectivity index (χ1n) is 8.61. The number of hydrogen-bond acceptors (Lipinski definition) is 3. The molecule has 25 heavy (non-hydrogen) atoms. The van der Waals surface area contributed by atoms with Gasteiger partial charge in [0, 0.05) is 45.7 Å². The Labute approximate surface area is 146 Å². The first-order valence-corrected chi connectivity index (χ1v) is 8.61. The van der Waals surface area contributed by atoms with Gasteiger partial charge in [-0.15, -0.1) is 0 Å². The molecule has 0 saturated carbocycles. The lowest BCUT2D eigenvalue weighted by atomic mass is 10.1. The normalized spacial score (nSPS) is 21.0. The highest BCUT2D eigenvalue weighted by atomic mass is 19.1. The Morgan fingerprint density at radius 2 is 1.76 bits per heavy atom. The van der Waals surface area contributed by atoms with Crippen molar-refractivity contribution in [3.8, 4) is 0 Å². The second kappa shape index (κ2) is 7.21. The Morgan fingerprint density at radius 3 is 2.36 bits per heavy atom. The number of nitrogens with zero attached hydrogens (tertiary/aromatic N) is 3. The lowest BCUT2D eigenvalue weighted by molar-refractivity contribution is -0.137. The van der Waals surface area contributed by atoms with Gasteiger partial charge in [0.2, 0.25) is 11.8 Å². The molecule has 2 saturated heterocycles. The van der Waals surface area contributed by atoms with Crippen molar-refractivity contribution < 1.29 is 18.8 Å². The minimum absolute atomic E-state index is 0.0224. The molecule has 0 aromatic heterocycles. The van der Waals surface area contributed by atoms with Crippen LogP contribution in [0, 0.1) is 11.7 Å². The van der Waals surface area contributed by atoms with Crippen LogP contribution in [0.3, 0.4) is 0 Å². The number of halogens is 1. The van der Waals surface area contributed by atoms with E-state index in [-0.39, 0.29) is 35.6 Å². The molecule has 0 bridgehead atoms. The maximum absolute atomic E-state index is 13.8. The van der Waals surface area contributed by atoms with E-state index in [9.17, 15) is 18.8 Å². The van der Waals surface area contributed by atoms with Crippen LogP contribution in [0.25, 0.3) is 0 Å². The van der Waals surface area contributed by atoms with E-state index in [2.05, 4.69) is 0 Å². The van der Waals surface area contributed by atoms with E-state index in [1.165, 1.54) is 12.1 Å². The summed E-state index contributed by atoms with van der Waals surface area (Å²) in [6.45, 7) is 4.56. The van der Waals surface area contributed by atoms with Crippen molar-refractivity contribution in [2.75, 3.05) is 39.3 Å².